The number of likely N-dealkylation sites (tertiary alicyclic amines) is 1. The average molecular weight is 394 g/mol. The lowest BCUT2D eigenvalue weighted by Gasteiger charge is -2.34. The summed E-state index contributed by atoms with van der Waals surface area (Å²) in [5.41, 5.74) is 0. The summed E-state index contributed by atoms with van der Waals surface area (Å²) >= 11 is 0. The molecule has 1 aromatic rings. The minimum Gasteiger partial charge on any atom is -0.338 e. The number of sulfonamides is 1. The Labute approximate surface area is 160 Å². The summed E-state index contributed by atoms with van der Waals surface area (Å²) in [6.45, 7) is 5.59. The van der Waals surface area contributed by atoms with E-state index in [2.05, 4.69) is 5.32 Å². The van der Waals surface area contributed by atoms with Crippen LogP contribution in [-0.2, 0) is 14.8 Å². The van der Waals surface area contributed by atoms with Crippen LogP contribution in [-0.4, -0.2) is 79.3 Å². The number of piperazine rings is 1. The highest BCUT2D eigenvalue weighted by Crippen LogP contribution is 2.18. The molecule has 1 aromatic carbocycles. The lowest BCUT2D eigenvalue weighted by Crippen LogP contribution is -2.54. The van der Waals surface area contributed by atoms with Crippen LogP contribution >= 0.6 is 0 Å². The highest BCUT2D eigenvalue weighted by molar-refractivity contribution is 7.89. The van der Waals surface area contributed by atoms with Crippen molar-refractivity contribution in [3.8, 4) is 0 Å². The zero-order valence-corrected chi connectivity index (χ0v) is 16.5. The normalized spacial score (nSPS) is 21.7. The second-order valence-electron chi connectivity index (χ2n) is 7.19. The third-order valence-electron chi connectivity index (χ3n) is 5.02. The summed E-state index contributed by atoms with van der Waals surface area (Å²) in [6, 6.07) is 7.99. The van der Waals surface area contributed by atoms with Gasteiger partial charge >= 0.3 is 6.03 Å². The predicted octanol–water partition coefficient (Wildman–Crippen LogP) is 0.712. The molecule has 8 nitrogen and oxygen atoms in total. The third kappa shape index (κ3) is 4.24. The number of nitrogens with zero attached hydrogens (tertiary/aromatic N) is 3. The molecule has 1 unspecified atom stereocenters. The van der Waals surface area contributed by atoms with Crippen LogP contribution in [0.5, 0.6) is 0 Å². The maximum atomic E-state index is 12.6. The van der Waals surface area contributed by atoms with Gasteiger partial charge in [0, 0.05) is 45.2 Å². The molecule has 1 N–H and O–H groups in total. The molecule has 2 aliphatic heterocycles. The Morgan fingerprint density at radius 2 is 1.74 bits per heavy atom. The second-order valence-corrected chi connectivity index (χ2v) is 9.13. The van der Waals surface area contributed by atoms with E-state index in [-0.39, 0.29) is 42.0 Å². The van der Waals surface area contributed by atoms with Gasteiger partial charge in [-0.2, -0.15) is 4.31 Å². The molecule has 2 saturated heterocycles. The molecule has 2 fully saturated rings. The number of urea groups is 1. The molecule has 9 heteroatoms. The van der Waals surface area contributed by atoms with Gasteiger partial charge in [-0.25, -0.2) is 13.2 Å². The van der Waals surface area contributed by atoms with Gasteiger partial charge < -0.3 is 15.1 Å². The first-order valence-electron chi connectivity index (χ1n) is 9.19. The Balaban J connectivity index is 1.54. The standard InChI is InChI=1S/C18H26N4O4S/c1-14(2)22-13-15(12-17(22)23)19-18(24)20-8-10-21(11-9-20)27(25,26)16-6-4-3-5-7-16/h3-7,14-15H,8-13H2,1-2H3,(H,19,24). The summed E-state index contributed by atoms with van der Waals surface area (Å²) in [7, 11) is -3.53. The average Bonchev–Trinajstić information content (AvgIpc) is 3.03. The van der Waals surface area contributed by atoms with E-state index in [1.54, 1.807) is 40.1 Å². The number of benzene rings is 1. The monoisotopic (exact) mass is 394 g/mol. The van der Waals surface area contributed by atoms with E-state index in [1.807, 2.05) is 13.8 Å². The highest BCUT2D eigenvalue weighted by Gasteiger charge is 2.34. The fourth-order valence-corrected chi connectivity index (χ4v) is 4.91. The topological polar surface area (TPSA) is 90.0 Å². The molecule has 148 valence electrons. The van der Waals surface area contributed by atoms with E-state index >= 15 is 0 Å². The summed E-state index contributed by atoms with van der Waals surface area (Å²) in [5, 5.41) is 2.91. The van der Waals surface area contributed by atoms with Crippen LogP contribution in [0.3, 0.4) is 0 Å². The largest absolute Gasteiger partial charge is 0.338 e. The van der Waals surface area contributed by atoms with Crippen LogP contribution in [0.4, 0.5) is 4.79 Å². The van der Waals surface area contributed by atoms with Crippen LogP contribution in [0.25, 0.3) is 0 Å². The number of hydrogen-bond donors (Lipinski definition) is 1. The molecule has 27 heavy (non-hydrogen) atoms. The minimum absolute atomic E-state index is 0.0501. The van der Waals surface area contributed by atoms with Gasteiger partial charge in [-0.3, -0.25) is 4.79 Å². The lowest BCUT2D eigenvalue weighted by molar-refractivity contribution is -0.129. The molecule has 3 amide bonds. The zero-order chi connectivity index (χ0) is 19.6. The molecule has 2 heterocycles. The molecule has 0 bridgehead atoms. The van der Waals surface area contributed by atoms with Gasteiger partial charge in [0.05, 0.1) is 10.9 Å². The summed E-state index contributed by atoms with van der Waals surface area (Å²) in [4.78, 5) is 28.1. The molecule has 1 atom stereocenters. The van der Waals surface area contributed by atoms with Crippen molar-refractivity contribution < 1.29 is 18.0 Å². The van der Waals surface area contributed by atoms with E-state index in [4.69, 9.17) is 0 Å². The van der Waals surface area contributed by atoms with Crippen molar-refractivity contribution in [2.24, 2.45) is 0 Å². The number of nitrogens with one attached hydrogen (secondary N) is 1. The van der Waals surface area contributed by atoms with Gasteiger partial charge in [-0.15, -0.1) is 0 Å². The van der Waals surface area contributed by atoms with Crippen LogP contribution in [0.2, 0.25) is 0 Å². The van der Waals surface area contributed by atoms with Gasteiger partial charge in [0.1, 0.15) is 0 Å². The Hall–Kier alpha value is -2.13. The van der Waals surface area contributed by atoms with Crippen molar-refractivity contribution in [1.29, 1.82) is 0 Å². The third-order valence-corrected chi connectivity index (χ3v) is 6.93. The van der Waals surface area contributed by atoms with Crippen LogP contribution in [0.15, 0.2) is 35.2 Å². The van der Waals surface area contributed by atoms with Gasteiger partial charge in [0.15, 0.2) is 0 Å². The number of amides is 3. The van der Waals surface area contributed by atoms with E-state index in [1.165, 1.54) is 4.31 Å². The first-order valence-corrected chi connectivity index (χ1v) is 10.6. The van der Waals surface area contributed by atoms with Gasteiger partial charge in [0.25, 0.3) is 0 Å². The Morgan fingerprint density at radius 3 is 2.30 bits per heavy atom. The molecule has 0 radical (unpaired) electrons. The minimum atomic E-state index is -3.53. The first-order chi connectivity index (χ1) is 12.8. The maximum Gasteiger partial charge on any atom is 0.317 e. The van der Waals surface area contributed by atoms with Crippen molar-refractivity contribution in [3.63, 3.8) is 0 Å². The summed E-state index contributed by atoms with van der Waals surface area (Å²) in [6.07, 6.45) is 0.312. The highest BCUT2D eigenvalue weighted by atomic mass is 32.2. The fourth-order valence-electron chi connectivity index (χ4n) is 3.47. The van der Waals surface area contributed by atoms with Crippen LogP contribution in [0.1, 0.15) is 20.3 Å². The first kappa shape index (κ1) is 19.6. The molecular weight excluding hydrogens is 368 g/mol. The number of rotatable bonds is 4. The van der Waals surface area contributed by atoms with Crippen molar-refractivity contribution in [2.75, 3.05) is 32.7 Å². The maximum absolute atomic E-state index is 12.6. The predicted molar refractivity (Wildman–Crippen MR) is 101 cm³/mol. The zero-order valence-electron chi connectivity index (χ0n) is 15.7. The number of carbonyl (C=O) groups excluding carboxylic acids is 2. The molecule has 0 aliphatic carbocycles. The van der Waals surface area contributed by atoms with Crippen LogP contribution in [0, 0.1) is 0 Å². The Morgan fingerprint density at radius 1 is 1.11 bits per heavy atom. The lowest BCUT2D eigenvalue weighted by atomic mass is 10.2. The molecular formula is C18H26N4O4S. The quantitative estimate of drug-likeness (QED) is 0.815. The van der Waals surface area contributed by atoms with Crippen molar-refractivity contribution in [3.05, 3.63) is 30.3 Å². The smallest absolute Gasteiger partial charge is 0.317 e. The summed E-state index contributed by atoms with van der Waals surface area (Å²) in [5.74, 6) is 0.0501. The van der Waals surface area contributed by atoms with Crippen LogP contribution < -0.4 is 5.32 Å². The van der Waals surface area contributed by atoms with E-state index in [9.17, 15) is 18.0 Å². The van der Waals surface area contributed by atoms with Crippen molar-refractivity contribution in [2.45, 2.75) is 37.2 Å². The van der Waals surface area contributed by atoms with Gasteiger partial charge in [-0.05, 0) is 26.0 Å². The Bertz CT molecular complexity index is 789. The number of carbonyl (C=O) groups is 2. The molecule has 2 aliphatic rings. The Kier molecular flexibility index (Phi) is 5.71. The second kappa shape index (κ2) is 7.85. The SMILES string of the molecule is CC(C)N1CC(NC(=O)N2CCN(S(=O)(=O)c3ccccc3)CC2)CC1=O. The van der Waals surface area contributed by atoms with E-state index in [0.29, 0.717) is 26.1 Å². The molecule has 0 spiro atoms. The van der Waals surface area contributed by atoms with Gasteiger partial charge in [-0.1, -0.05) is 18.2 Å². The number of hydrogen-bond acceptors (Lipinski definition) is 4. The van der Waals surface area contributed by atoms with Crippen molar-refractivity contribution in [1.82, 2.24) is 19.4 Å². The van der Waals surface area contributed by atoms with Gasteiger partial charge in [0.2, 0.25) is 15.9 Å². The molecule has 3 rings (SSSR count). The van der Waals surface area contributed by atoms with E-state index in [0.717, 1.165) is 0 Å². The summed E-state index contributed by atoms with van der Waals surface area (Å²) < 4.78 is 26.7. The molecule has 0 saturated carbocycles. The fraction of sp³-hybridized carbons (Fsp3) is 0.556. The molecule has 0 aromatic heterocycles. The van der Waals surface area contributed by atoms with E-state index < -0.39 is 10.0 Å². The van der Waals surface area contributed by atoms with Crippen molar-refractivity contribution >= 4 is 22.0 Å².